The van der Waals surface area contributed by atoms with Crippen molar-refractivity contribution in [3.8, 4) is 11.3 Å². The molecule has 0 spiro atoms. The van der Waals surface area contributed by atoms with E-state index in [-0.39, 0.29) is 5.69 Å². The van der Waals surface area contributed by atoms with Gasteiger partial charge in [0.25, 0.3) is 0 Å². The summed E-state index contributed by atoms with van der Waals surface area (Å²) < 4.78 is 1.61. The van der Waals surface area contributed by atoms with Crippen LogP contribution in [-0.4, -0.2) is 26.1 Å². The van der Waals surface area contributed by atoms with Gasteiger partial charge in [-0.2, -0.15) is 0 Å². The van der Waals surface area contributed by atoms with E-state index >= 15 is 0 Å². The lowest BCUT2D eigenvalue weighted by molar-refractivity contribution is 0.0691. The standard InChI is InChI=1S/C13H16N4O2/c1-8(2)7-17-12(11(13(18)19)15-16-17)9-4-3-5-10(14)6-9/h3-6,8H,7,14H2,1-2H3,(H,18,19). The Labute approximate surface area is 110 Å². The molecule has 0 unspecified atom stereocenters. The number of hydrogen-bond donors (Lipinski definition) is 2. The van der Waals surface area contributed by atoms with Crippen LogP contribution in [0.5, 0.6) is 0 Å². The lowest BCUT2D eigenvalue weighted by atomic mass is 10.1. The number of carboxylic acid groups (broad SMARTS) is 1. The Morgan fingerprint density at radius 3 is 2.79 bits per heavy atom. The molecule has 0 saturated carbocycles. The third kappa shape index (κ3) is 2.73. The summed E-state index contributed by atoms with van der Waals surface area (Å²) >= 11 is 0. The number of anilines is 1. The van der Waals surface area contributed by atoms with Crippen molar-refractivity contribution in [1.29, 1.82) is 0 Å². The van der Waals surface area contributed by atoms with Crippen molar-refractivity contribution in [2.45, 2.75) is 20.4 Å². The van der Waals surface area contributed by atoms with Crippen molar-refractivity contribution in [3.63, 3.8) is 0 Å². The van der Waals surface area contributed by atoms with Gasteiger partial charge in [0.1, 0.15) is 5.69 Å². The largest absolute Gasteiger partial charge is 0.476 e. The number of aromatic carboxylic acids is 1. The van der Waals surface area contributed by atoms with Crippen LogP contribution in [0.25, 0.3) is 11.3 Å². The molecule has 0 aliphatic heterocycles. The van der Waals surface area contributed by atoms with Gasteiger partial charge in [0.15, 0.2) is 5.69 Å². The second kappa shape index (κ2) is 5.09. The fourth-order valence-corrected chi connectivity index (χ4v) is 1.90. The monoisotopic (exact) mass is 260 g/mol. The number of aromatic nitrogens is 3. The summed E-state index contributed by atoms with van der Waals surface area (Å²) in [6.45, 7) is 4.67. The first kappa shape index (κ1) is 13.1. The van der Waals surface area contributed by atoms with Crippen LogP contribution in [0.2, 0.25) is 0 Å². The smallest absolute Gasteiger partial charge is 0.358 e. The number of rotatable bonds is 4. The maximum atomic E-state index is 11.2. The Bertz CT molecular complexity index is 604. The summed E-state index contributed by atoms with van der Waals surface area (Å²) in [5.74, 6) is -0.754. The molecular formula is C13H16N4O2. The Morgan fingerprint density at radius 2 is 2.21 bits per heavy atom. The van der Waals surface area contributed by atoms with Crippen molar-refractivity contribution in [2.24, 2.45) is 5.92 Å². The molecule has 6 heteroatoms. The molecule has 100 valence electrons. The predicted octanol–water partition coefficient (Wildman–Crippen LogP) is 1.88. The lowest BCUT2D eigenvalue weighted by Crippen LogP contribution is -2.09. The van der Waals surface area contributed by atoms with Gasteiger partial charge in [0.05, 0.1) is 0 Å². The number of nitrogens with two attached hydrogens (primary N) is 1. The molecule has 2 aromatic rings. The Kier molecular flexibility index (Phi) is 3.50. The fourth-order valence-electron chi connectivity index (χ4n) is 1.90. The number of hydrogen-bond acceptors (Lipinski definition) is 4. The topological polar surface area (TPSA) is 94.0 Å². The molecule has 0 amide bonds. The van der Waals surface area contributed by atoms with E-state index in [0.717, 1.165) is 0 Å². The molecule has 6 nitrogen and oxygen atoms in total. The molecule has 0 atom stereocenters. The minimum atomic E-state index is -1.09. The van der Waals surface area contributed by atoms with Crippen LogP contribution in [0.15, 0.2) is 24.3 Å². The second-order valence-electron chi connectivity index (χ2n) is 4.79. The minimum absolute atomic E-state index is 0.0498. The predicted molar refractivity (Wildman–Crippen MR) is 71.7 cm³/mol. The maximum Gasteiger partial charge on any atom is 0.358 e. The first-order valence-electron chi connectivity index (χ1n) is 6.01. The fraction of sp³-hybridized carbons (Fsp3) is 0.308. The second-order valence-corrected chi connectivity index (χ2v) is 4.79. The van der Waals surface area contributed by atoms with E-state index in [1.54, 1.807) is 28.9 Å². The van der Waals surface area contributed by atoms with Crippen LogP contribution in [0, 0.1) is 5.92 Å². The van der Waals surface area contributed by atoms with Gasteiger partial charge in [-0.25, -0.2) is 9.48 Å². The van der Waals surface area contributed by atoms with Gasteiger partial charge < -0.3 is 10.8 Å². The highest BCUT2D eigenvalue weighted by atomic mass is 16.4. The maximum absolute atomic E-state index is 11.2. The van der Waals surface area contributed by atoms with E-state index in [1.807, 2.05) is 13.8 Å². The molecule has 3 N–H and O–H groups in total. The van der Waals surface area contributed by atoms with E-state index in [2.05, 4.69) is 10.3 Å². The van der Waals surface area contributed by atoms with Crippen LogP contribution in [0.4, 0.5) is 5.69 Å². The van der Waals surface area contributed by atoms with E-state index in [4.69, 9.17) is 5.73 Å². The Hall–Kier alpha value is -2.37. The highest BCUT2D eigenvalue weighted by molar-refractivity contribution is 5.92. The molecule has 0 fully saturated rings. The van der Waals surface area contributed by atoms with Gasteiger partial charge in [0, 0.05) is 17.8 Å². The van der Waals surface area contributed by atoms with Gasteiger partial charge >= 0.3 is 5.97 Å². The first-order valence-corrected chi connectivity index (χ1v) is 6.01. The van der Waals surface area contributed by atoms with Crippen molar-refractivity contribution in [3.05, 3.63) is 30.0 Å². The minimum Gasteiger partial charge on any atom is -0.476 e. The summed E-state index contributed by atoms with van der Waals surface area (Å²) in [4.78, 5) is 11.2. The molecule has 0 aliphatic carbocycles. The molecule has 0 aliphatic rings. The third-order valence-corrected chi connectivity index (χ3v) is 2.64. The zero-order valence-corrected chi connectivity index (χ0v) is 10.9. The lowest BCUT2D eigenvalue weighted by Gasteiger charge is -2.09. The highest BCUT2D eigenvalue weighted by Crippen LogP contribution is 2.24. The van der Waals surface area contributed by atoms with Crippen molar-refractivity contribution in [1.82, 2.24) is 15.0 Å². The van der Waals surface area contributed by atoms with Gasteiger partial charge in [-0.3, -0.25) is 0 Å². The number of benzene rings is 1. The summed E-state index contributed by atoms with van der Waals surface area (Å²) in [6, 6.07) is 7.06. The summed E-state index contributed by atoms with van der Waals surface area (Å²) in [7, 11) is 0. The van der Waals surface area contributed by atoms with Crippen molar-refractivity contribution in [2.75, 3.05) is 5.73 Å². The van der Waals surface area contributed by atoms with Gasteiger partial charge in [-0.05, 0) is 18.1 Å². The number of nitrogen functional groups attached to an aromatic ring is 1. The summed E-state index contributed by atoms with van der Waals surface area (Å²) in [5, 5.41) is 16.9. The average molecular weight is 260 g/mol. The van der Waals surface area contributed by atoms with E-state index in [0.29, 0.717) is 29.4 Å². The molecule has 2 rings (SSSR count). The highest BCUT2D eigenvalue weighted by Gasteiger charge is 2.20. The molecule has 0 bridgehead atoms. The zero-order valence-electron chi connectivity index (χ0n) is 10.9. The van der Waals surface area contributed by atoms with Gasteiger partial charge in [-0.15, -0.1) is 5.10 Å². The van der Waals surface area contributed by atoms with E-state index < -0.39 is 5.97 Å². The van der Waals surface area contributed by atoms with Crippen LogP contribution in [0.3, 0.4) is 0 Å². The quantitative estimate of drug-likeness (QED) is 0.818. The van der Waals surface area contributed by atoms with Gasteiger partial charge in [0.2, 0.25) is 0 Å². The van der Waals surface area contributed by atoms with Crippen LogP contribution in [0.1, 0.15) is 24.3 Å². The number of nitrogens with zero attached hydrogens (tertiary/aromatic N) is 3. The molecule has 1 aromatic heterocycles. The van der Waals surface area contributed by atoms with Crippen LogP contribution in [-0.2, 0) is 6.54 Å². The van der Waals surface area contributed by atoms with E-state index in [1.165, 1.54) is 0 Å². The van der Waals surface area contributed by atoms with Crippen molar-refractivity contribution >= 4 is 11.7 Å². The van der Waals surface area contributed by atoms with E-state index in [9.17, 15) is 9.90 Å². The molecular weight excluding hydrogens is 244 g/mol. The third-order valence-electron chi connectivity index (χ3n) is 2.64. The average Bonchev–Trinajstić information content (AvgIpc) is 2.71. The number of carbonyl (C=O) groups is 1. The summed E-state index contributed by atoms with van der Waals surface area (Å²) in [6.07, 6.45) is 0. The molecule has 19 heavy (non-hydrogen) atoms. The Morgan fingerprint density at radius 1 is 1.47 bits per heavy atom. The first-order chi connectivity index (χ1) is 8.99. The van der Waals surface area contributed by atoms with Crippen molar-refractivity contribution < 1.29 is 9.90 Å². The van der Waals surface area contributed by atoms with Crippen LogP contribution < -0.4 is 5.73 Å². The van der Waals surface area contributed by atoms with Crippen LogP contribution >= 0.6 is 0 Å². The summed E-state index contributed by atoms with van der Waals surface area (Å²) in [5.41, 5.74) is 7.48. The zero-order chi connectivity index (χ0) is 14.0. The Balaban J connectivity index is 2.57. The molecule has 1 heterocycles. The molecule has 0 saturated heterocycles. The molecule has 1 aromatic carbocycles. The normalized spacial score (nSPS) is 10.9. The van der Waals surface area contributed by atoms with Gasteiger partial charge in [-0.1, -0.05) is 31.2 Å². The number of carboxylic acids is 1. The SMILES string of the molecule is CC(C)Cn1nnc(C(=O)O)c1-c1cccc(N)c1. The molecule has 0 radical (unpaired) electrons.